The maximum atomic E-state index is 3.63. The first-order chi connectivity index (χ1) is 12.3. The molecule has 0 saturated carbocycles. The van der Waals surface area contributed by atoms with Gasteiger partial charge in [0.2, 0.25) is 0 Å². The summed E-state index contributed by atoms with van der Waals surface area (Å²) in [5, 5.41) is 7.21. The van der Waals surface area contributed by atoms with E-state index in [1.165, 1.54) is 44.1 Å². The number of hydrogen-bond donors (Lipinski definition) is 1. The van der Waals surface area contributed by atoms with Crippen LogP contribution in [0.1, 0.15) is 62.8 Å². The Morgan fingerprint density at radius 2 is 1.62 bits per heavy atom. The summed E-state index contributed by atoms with van der Waals surface area (Å²) in [6, 6.07) is 14.0. The smallest absolute Gasteiger partial charge is 0.0468 e. The number of fused-ring (bicyclic) bond motifs is 4. The molecule has 1 aliphatic rings. The lowest BCUT2D eigenvalue weighted by Gasteiger charge is -2.31. The summed E-state index contributed by atoms with van der Waals surface area (Å²) in [6.45, 7) is 11.7. The van der Waals surface area contributed by atoms with Crippen molar-refractivity contribution in [3.63, 3.8) is 0 Å². The van der Waals surface area contributed by atoms with Crippen molar-refractivity contribution in [3.05, 3.63) is 69.4 Å². The van der Waals surface area contributed by atoms with Gasteiger partial charge in [0, 0.05) is 33.1 Å². The average molecular weight is 360 g/mol. The van der Waals surface area contributed by atoms with E-state index in [-0.39, 0.29) is 10.8 Å². The van der Waals surface area contributed by atoms with Gasteiger partial charge in [-0.15, -0.1) is 0 Å². The van der Waals surface area contributed by atoms with Crippen LogP contribution < -0.4 is 0 Å². The van der Waals surface area contributed by atoms with E-state index in [0.717, 1.165) is 0 Å². The van der Waals surface area contributed by atoms with Gasteiger partial charge in [0.1, 0.15) is 0 Å². The summed E-state index contributed by atoms with van der Waals surface area (Å²) in [6.07, 6.45) is 0. The number of nitrogens with one attached hydrogen (secondary N) is 1. The molecule has 0 radical (unpaired) electrons. The Balaban J connectivity index is 1.72. The zero-order valence-corrected chi connectivity index (χ0v) is 16.9. The molecule has 0 amide bonds. The van der Waals surface area contributed by atoms with E-state index < -0.39 is 0 Å². The molecule has 2 aromatic heterocycles. The summed E-state index contributed by atoms with van der Waals surface area (Å²) >= 11 is 1.79. The fourth-order valence-electron chi connectivity index (χ4n) is 4.66. The van der Waals surface area contributed by atoms with Crippen molar-refractivity contribution in [2.45, 2.75) is 46.0 Å². The van der Waals surface area contributed by atoms with Crippen molar-refractivity contribution in [1.82, 2.24) is 4.98 Å². The lowest BCUT2D eigenvalue weighted by atomic mass is 9.73. The second kappa shape index (κ2) is 5.01. The maximum absolute atomic E-state index is 3.63. The molecule has 0 saturated heterocycles. The summed E-state index contributed by atoms with van der Waals surface area (Å²) < 4.78 is 0. The number of benzene rings is 2. The predicted molar refractivity (Wildman–Crippen MR) is 114 cm³/mol. The van der Waals surface area contributed by atoms with Crippen molar-refractivity contribution in [2.75, 3.05) is 0 Å². The number of rotatable bonds is 2. The molecule has 2 heteroatoms. The SMILES string of the molecule is CC1(C)c2cc3[nH]c4ccc(C(c5ccsc5)C(C)(C)C)cc4c3cc21. The van der Waals surface area contributed by atoms with Crippen molar-refractivity contribution >= 4 is 33.1 Å². The van der Waals surface area contributed by atoms with Crippen LogP contribution in [0.4, 0.5) is 0 Å². The Bertz CT molecular complexity index is 1140. The molecule has 1 nitrogen and oxygen atoms in total. The van der Waals surface area contributed by atoms with E-state index in [1.807, 2.05) is 0 Å². The highest BCUT2D eigenvalue weighted by Gasteiger charge is 2.41. The first-order valence-electron chi connectivity index (χ1n) is 9.39. The van der Waals surface area contributed by atoms with Crippen LogP contribution in [-0.4, -0.2) is 4.98 Å². The Labute approximate surface area is 159 Å². The lowest BCUT2D eigenvalue weighted by Crippen LogP contribution is -2.19. The summed E-state index contributed by atoms with van der Waals surface area (Å²) in [7, 11) is 0. The van der Waals surface area contributed by atoms with Gasteiger partial charge in [0.05, 0.1) is 0 Å². The van der Waals surface area contributed by atoms with Gasteiger partial charge in [-0.3, -0.25) is 0 Å². The van der Waals surface area contributed by atoms with Crippen LogP contribution in [-0.2, 0) is 5.41 Å². The molecular formula is C24H25NS. The molecule has 1 atom stereocenters. The topological polar surface area (TPSA) is 15.8 Å². The molecule has 1 unspecified atom stereocenters. The molecule has 0 spiro atoms. The van der Waals surface area contributed by atoms with Gasteiger partial charge in [-0.1, -0.05) is 40.7 Å². The minimum absolute atomic E-state index is 0.176. The van der Waals surface area contributed by atoms with Gasteiger partial charge in [-0.2, -0.15) is 11.3 Å². The highest BCUT2D eigenvalue weighted by Crippen LogP contribution is 2.51. The first-order valence-corrected chi connectivity index (χ1v) is 10.3. The maximum Gasteiger partial charge on any atom is 0.0468 e. The molecule has 0 bridgehead atoms. The van der Waals surface area contributed by atoms with Gasteiger partial charge >= 0.3 is 0 Å². The van der Waals surface area contributed by atoms with Crippen molar-refractivity contribution < 1.29 is 0 Å². The minimum Gasteiger partial charge on any atom is -0.355 e. The third-order valence-corrected chi connectivity index (χ3v) is 6.82. The van der Waals surface area contributed by atoms with Crippen LogP contribution in [0.25, 0.3) is 21.8 Å². The van der Waals surface area contributed by atoms with Crippen LogP contribution in [0.15, 0.2) is 47.2 Å². The normalized spacial score (nSPS) is 16.8. The third-order valence-electron chi connectivity index (χ3n) is 6.12. The van der Waals surface area contributed by atoms with E-state index >= 15 is 0 Å². The first kappa shape index (κ1) is 16.1. The molecule has 26 heavy (non-hydrogen) atoms. The summed E-state index contributed by atoms with van der Waals surface area (Å²) in [5.41, 5.74) is 8.77. The number of thiophene rings is 1. The second-order valence-electron chi connectivity index (χ2n) is 9.35. The van der Waals surface area contributed by atoms with Gasteiger partial charge in [0.15, 0.2) is 0 Å². The highest BCUT2D eigenvalue weighted by atomic mass is 32.1. The molecule has 132 valence electrons. The van der Waals surface area contributed by atoms with Crippen LogP contribution in [0.5, 0.6) is 0 Å². The molecule has 0 aliphatic heterocycles. The Kier molecular flexibility index (Phi) is 3.11. The Morgan fingerprint density at radius 3 is 2.31 bits per heavy atom. The Morgan fingerprint density at radius 1 is 0.885 bits per heavy atom. The molecule has 2 heterocycles. The van der Waals surface area contributed by atoms with Crippen LogP contribution in [0.3, 0.4) is 0 Å². The molecule has 4 aromatic rings. The van der Waals surface area contributed by atoms with E-state index in [1.54, 1.807) is 11.3 Å². The van der Waals surface area contributed by atoms with Gasteiger partial charge in [-0.25, -0.2) is 0 Å². The van der Waals surface area contributed by atoms with Crippen LogP contribution in [0, 0.1) is 5.41 Å². The zero-order valence-electron chi connectivity index (χ0n) is 16.1. The fraction of sp³-hybridized carbons (Fsp3) is 0.333. The van der Waals surface area contributed by atoms with Gasteiger partial charge in [-0.05, 0) is 68.8 Å². The number of aromatic amines is 1. The summed E-state index contributed by atoms with van der Waals surface area (Å²) in [4.78, 5) is 3.63. The predicted octanol–water partition coefficient (Wildman–Crippen LogP) is 7.20. The fourth-order valence-corrected chi connectivity index (χ4v) is 5.35. The monoisotopic (exact) mass is 359 g/mol. The quantitative estimate of drug-likeness (QED) is 0.389. The minimum atomic E-state index is 0.176. The van der Waals surface area contributed by atoms with Crippen LogP contribution >= 0.6 is 11.3 Å². The van der Waals surface area contributed by atoms with Crippen molar-refractivity contribution in [2.24, 2.45) is 5.41 Å². The third kappa shape index (κ3) is 2.21. The molecule has 5 rings (SSSR count). The number of aromatic nitrogens is 1. The molecule has 1 aliphatic carbocycles. The van der Waals surface area contributed by atoms with E-state index in [4.69, 9.17) is 0 Å². The van der Waals surface area contributed by atoms with E-state index in [9.17, 15) is 0 Å². The molecule has 2 aromatic carbocycles. The highest BCUT2D eigenvalue weighted by molar-refractivity contribution is 7.08. The lowest BCUT2D eigenvalue weighted by molar-refractivity contribution is 0.359. The van der Waals surface area contributed by atoms with E-state index in [2.05, 4.69) is 86.8 Å². The average Bonchev–Trinajstić information content (AvgIpc) is 2.98. The standard InChI is InChI=1S/C24H25NS/c1-23(2,3)22(15-8-9-26-13-15)14-6-7-20-16(10-14)17-11-18-19(24(18,4)5)12-21(17)25-20/h6-13,22,25H,1-5H3. The summed E-state index contributed by atoms with van der Waals surface area (Å²) in [5.74, 6) is 0.406. The van der Waals surface area contributed by atoms with Crippen molar-refractivity contribution in [3.8, 4) is 0 Å². The Hall–Kier alpha value is -2.06. The van der Waals surface area contributed by atoms with Crippen LogP contribution in [0.2, 0.25) is 0 Å². The van der Waals surface area contributed by atoms with E-state index in [0.29, 0.717) is 5.92 Å². The van der Waals surface area contributed by atoms with Gasteiger partial charge < -0.3 is 4.98 Å². The molecule has 0 fully saturated rings. The molecule has 1 N–H and O–H groups in total. The number of hydrogen-bond acceptors (Lipinski definition) is 1. The molecular weight excluding hydrogens is 334 g/mol. The zero-order chi connectivity index (χ0) is 18.3. The van der Waals surface area contributed by atoms with Gasteiger partial charge in [0.25, 0.3) is 0 Å². The van der Waals surface area contributed by atoms with Crippen molar-refractivity contribution in [1.29, 1.82) is 0 Å². The second-order valence-corrected chi connectivity index (χ2v) is 10.1. The number of H-pyrrole nitrogens is 1. The largest absolute Gasteiger partial charge is 0.355 e.